The number of aryl methyl sites for hydroxylation is 1. The minimum atomic E-state index is -4.61. The van der Waals surface area contributed by atoms with Gasteiger partial charge in [0.15, 0.2) is 5.70 Å². The minimum absolute atomic E-state index is 0.121. The topological polar surface area (TPSA) is 84.9 Å². The van der Waals surface area contributed by atoms with Gasteiger partial charge >= 0.3 is 6.18 Å². The molecule has 5 nitrogen and oxygen atoms in total. The number of nitrogens with zero attached hydrogens (tertiary/aromatic N) is 2. The van der Waals surface area contributed by atoms with E-state index in [0.29, 0.717) is 10.4 Å². The Bertz CT molecular complexity index is 1000. The molecule has 26 heavy (non-hydrogen) atoms. The molecular weight excluding hydrogens is 383 g/mol. The fourth-order valence-corrected chi connectivity index (χ4v) is 6.39. The summed E-state index contributed by atoms with van der Waals surface area (Å²) in [6.07, 6.45) is -4.61. The van der Waals surface area contributed by atoms with Gasteiger partial charge in [0, 0.05) is 0 Å². The maximum atomic E-state index is 13.1. The van der Waals surface area contributed by atoms with Crippen molar-refractivity contribution in [2.24, 2.45) is 15.0 Å². The molecule has 0 aliphatic carbocycles. The molecule has 136 valence electrons. The molecule has 3 rings (SSSR count). The second-order valence-corrected chi connectivity index (χ2v) is 10.7. The standard InChI is InChI=1S/C16H14F3N3O2SSi/c1-11-2-6-13(7-3-11)26(10-15(21-22-26)16(17,18)19)14-8-4-12(5-9-14)25(20,23)24/h2-10H,1H3,(H2,20,23,24). The third kappa shape index (κ3) is 3.35. The van der Waals surface area contributed by atoms with Crippen molar-refractivity contribution in [2.45, 2.75) is 18.0 Å². The fourth-order valence-electron chi connectivity index (χ4n) is 2.68. The van der Waals surface area contributed by atoms with E-state index in [9.17, 15) is 21.6 Å². The van der Waals surface area contributed by atoms with Gasteiger partial charge in [0.2, 0.25) is 10.0 Å². The second kappa shape index (κ2) is 6.15. The number of allylic oxidation sites excluding steroid dienone is 1. The van der Waals surface area contributed by atoms with Crippen molar-refractivity contribution in [3.63, 3.8) is 0 Å². The molecule has 2 aromatic rings. The van der Waals surface area contributed by atoms with Crippen LogP contribution in [-0.2, 0) is 10.0 Å². The molecule has 0 amide bonds. The summed E-state index contributed by atoms with van der Waals surface area (Å²) in [5, 5.41) is 9.57. The van der Waals surface area contributed by atoms with Crippen LogP contribution in [0.1, 0.15) is 5.56 Å². The Kier molecular flexibility index (Phi) is 4.37. The monoisotopic (exact) mass is 397 g/mol. The number of hydrogen-bond donors (Lipinski definition) is 1. The van der Waals surface area contributed by atoms with Crippen LogP contribution in [-0.4, -0.2) is 22.8 Å². The molecule has 1 aliphatic heterocycles. The van der Waals surface area contributed by atoms with Crippen molar-refractivity contribution in [1.29, 1.82) is 0 Å². The average Bonchev–Trinajstić information content (AvgIpc) is 3.02. The lowest BCUT2D eigenvalue weighted by atomic mass is 10.2. The molecule has 0 fully saturated rings. The lowest BCUT2D eigenvalue weighted by Crippen LogP contribution is -2.55. The van der Waals surface area contributed by atoms with Gasteiger partial charge in [-0.15, -0.1) is 0 Å². The van der Waals surface area contributed by atoms with E-state index in [-0.39, 0.29) is 4.90 Å². The molecule has 0 aromatic heterocycles. The molecular formula is C16H14F3N3O2SSi. The molecule has 1 heterocycles. The van der Waals surface area contributed by atoms with Crippen molar-refractivity contribution in [1.82, 2.24) is 0 Å². The van der Waals surface area contributed by atoms with Gasteiger partial charge in [-0.05, 0) is 35.1 Å². The Balaban J connectivity index is 2.19. The summed E-state index contributed by atoms with van der Waals surface area (Å²) in [7, 11) is -7.22. The van der Waals surface area contributed by atoms with Crippen molar-refractivity contribution >= 4 is 28.6 Å². The van der Waals surface area contributed by atoms with E-state index >= 15 is 0 Å². The highest BCUT2D eigenvalue weighted by Gasteiger charge is 2.47. The Labute approximate surface area is 149 Å². The highest BCUT2D eigenvalue weighted by atomic mass is 32.2. The van der Waals surface area contributed by atoms with Crippen LogP contribution in [0.15, 0.2) is 74.7 Å². The summed E-state index contributed by atoms with van der Waals surface area (Å²) in [5.74, 6) is 0. The number of primary sulfonamides is 1. The van der Waals surface area contributed by atoms with Crippen molar-refractivity contribution < 1.29 is 21.6 Å². The van der Waals surface area contributed by atoms with Crippen molar-refractivity contribution in [2.75, 3.05) is 0 Å². The number of hydrogen-bond acceptors (Lipinski definition) is 4. The normalized spacial score (nSPS) is 20.3. The summed E-state index contributed by atoms with van der Waals surface area (Å²) in [6.45, 7) is 1.87. The first-order valence-corrected chi connectivity index (χ1v) is 11.0. The molecule has 0 saturated carbocycles. The average molecular weight is 397 g/mol. The minimum Gasteiger partial charge on any atom is -0.225 e. The lowest BCUT2D eigenvalue weighted by Gasteiger charge is -2.21. The number of nitrogens with two attached hydrogens (primary N) is 1. The maximum Gasteiger partial charge on any atom is 0.434 e. The van der Waals surface area contributed by atoms with E-state index in [4.69, 9.17) is 5.14 Å². The number of halogens is 3. The smallest absolute Gasteiger partial charge is 0.225 e. The lowest BCUT2D eigenvalue weighted by molar-refractivity contribution is -0.0924. The van der Waals surface area contributed by atoms with Crippen molar-refractivity contribution in [3.05, 3.63) is 65.5 Å². The molecule has 1 unspecified atom stereocenters. The van der Waals surface area contributed by atoms with Crippen LogP contribution < -0.4 is 15.5 Å². The molecule has 0 spiro atoms. The Hall–Kier alpha value is -2.30. The van der Waals surface area contributed by atoms with Gasteiger partial charge in [-0.3, -0.25) is 0 Å². The van der Waals surface area contributed by atoms with Crippen molar-refractivity contribution in [3.8, 4) is 0 Å². The fraction of sp³-hybridized carbons (Fsp3) is 0.125. The molecule has 0 radical (unpaired) electrons. The molecule has 0 bridgehead atoms. The van der Waals surface area contributed by atoms with Gasteiger partial charge in [-0.1, -0.05) is 42.0 Å². The van der Waals surface area contributed by atoms with Gasteiger partial charge in [0.05, 0.1) is 4.90 Å². The Morgan fingerprint density at radius 2 is 1.46 bits per heavy atom. The van der Waals surface area contributed by atoms with E-state index in [1.54, 1.807) is 24.3 Å². The number of sulfonamides is 1. The van der Waals surface area contributed by atoms with Crippen LogP contribution in [0.2, 0.25) is 0 Å². The summed E-state index contributed by atoms with van der Waals surface area (Å²) >= 11 is 0. The van der Waals surface area contributed by atoms with Gasteiger partial charge in [0.1, 0.15) is 0 Å². The third-order valence-electron chi connectivity index (χ3n) is 4.07. The van der Waals surface area contributed by atoms with Gasteiger partial charge < -0.3 is 0 Å². The van der Waals surface area contributed by atoms with Gasteiger partial charge in [-0.2, -0.15) is 18.3 Å². The van der Waals surface area contributed by atoms with Crippen LogP contribution in [0, 0.1) is 6.92 Å². The highest BCUT2D eigenvalue weighted by molar-refractivity contribution is 7.89. The van der Waals surface area contributed by atoms with Crippen LogP contribution in [0.5, 0.6) is 0 Å². The van der Waals surface area contributed by atoms with Crippen LogP contribution in [0.25, 0.3) is 0 Å². The summed E-state index contributed by atoms with van der Waals surface area (Å²) < 4.78 is 66.3. The van der Waals surface area contributed by atoms with Crippen LogP contribution in [0.3, 0.4) is 0 Å². The predicted octanol–water partition coefficient (Wildman–Crippen LogP) is 2.15. The maximum absolute atomic E-state index is 13.1. The van der Waals surface area contributed by atoms with Gasteiger partial charge in [-0.25, -0.2) is 18.3 Å². The van der Waals surface area contributed by atoms with Crippen LogP contribution >= 0.6 is 0 Å². The zero-order valence-corrected chi connectivity index (χ0v) is 15.3. The third-order valence-corrected chi connectivity index (χ3v) is 8.53. The first-order valence-electron chi connectivity index (χ1n) is 7.46. The zero-order chi connectivity index (χ0) is 19.2. The Morgan fingerprint density at radius 1 is 0.962 bits per heavy atom. The summed E-state index contributed by atoms with van der Waals surface area (Å²) in [5.41, 5.74) is 0.988. The summed E-state index contributed by atoms with van der Waals surface area (Å²) in [6, 6.07) is 12.5. The van der Waals surface area contributed by atoms with Crippen LogP contribution in [0.4, 0.5) is 13.2 Å². The number of rotatable bonds is 3. The zero-order valence-electron chi connectivity index (χ0n) is 13.5. The quantitative estimate of drug-likeness (QED) is 0.805. The van der Waals surface area contributed by atoms with E-state index < -0.39 is 30.1 Å². The molecule has 0 saturated heterocycles. The van der Waals surface area contributed by atoms with E-state index in [0.717, 1.165) is 11.3 Å². The first-order chi connectivity index (χ1) is 12.0. The predicted molar refractivity (Wildman–Crippen MR) is 93.0 cm³/mol. The SMILES string of the molecule is Cc1ccc([Si]2(c3ccc(S(N)(=O)=O)cc3)C=C(C(F)(F)F)N=N2)cc1. The second-order valence-electron chi connectivity index (χ2n) is 5.93. The van der Waals surface area contributed by atoms with E-state index in [1.165, 1.54) is 24.3 Å². The first kappa shape index (κ1) is 18.5. The molecule has 10 heteroatoms. The number of benzene rings is 2. The van der Waals surface area contributed by atoms with E-state index in [1.807, 2.05) is 6.92 Å². The molecule has 2 N–H and O–H groups in total. The Morgan fingerprint density at radius 3 is 1.88 bits per heavy atom. The summed E-state index contributed by atoms with van der Waals surface area (Å²) in [4.78, 5) is -0.121. The van der Waals surface area contributed by atoms with Gasteiger partial charge in [0.25, 0.3) is 8.24 Å². The number of alkyl halides is 3. The molecule has 1 atom stereocenters. The highest BCUT2D eigenvalue weighted by Crippen LogP contribution is 2.33. The largest absolute Gasteiger partial charge is 0.434 e. The molecule has 1 aliphatic rings. The molecule has 2 aromatic carbocycles. The van der Waals surface area contributed by atoms with E-state index in [2.05, 4.69) is 9.89 Å².